The lowest BCUT2D eigenvalue weighted by Crippen LogP contribution is -1.93. The zero-order valence-corrected chi connectivity index (χ0v) is 6.89. The molecule has 0 bridgehead atoms. The van der Waals surface area contributed by atoms with Crippen molar-refractivity contribution >= 4 is 11.6 Å². The highest BCUT2D eigenvalue weighted by Crippen LogP contribution is 2.29. The number of aromatic nitrogens is 1. The molecule has 3 nitrogen and oxygen atoms in total. The van der Waals surface area contributed by atoms with E-state index in [4.69, 9.17) is 22.0 Å². The molecule has 0 fully saturated rings. The molecule has 0 aliphatic rings. The van der Waals surface area contributed by atoms with Crippen molar-refractivity contribution in [3.05, 3.63) is 22.5 Å². The Kier molecular flexibility index (Phi) is 2.63. The van der Waals surface area contributed by atoms with Gasteiger partial charge in [0.15, 0.2) is 0 Å². The van der Waals surface area contributed by atoms with Crippen molar-refractivity contribution in [2.45, 2.75) is 6.43 Å². The summed E-state index contributed by atoms with van der Waals surface area (Å²) in [5.41, 5.74) is -0.951. The van der Waals surface area contributed by atoms with Crippen LogP contribution in [0.15, 0.2) is 6.07 Å². The summed E-state index contributed by atoms with van der Waals surface area (Å²) in [4.78, 5) is 3.19. The molecule has 1 rings (SSSR count). The quantitative estimate of drug-likeness (QED) is 0.714. The van der Waals surface area contributed by atoms with Crippen molar-refractivity contribution in [2.75, 3.05) is 0 Å². The van der Waals surface area contributed by atoms with Crippen LogP contribution in [0, 0.1) is 11.3 Å². The average molecular weight is 205 g/mol. The molecule has 0 aliphatic heterocycles. The Morgan fingerprint density at radius 1 is 1.62 bits per heavy atom. The Hall–Kier alpha value is -1.41. The average Bonchev–Trinajstić information content (AvgIpc) is 2.07. The monoisotopic (exact) mass is 204 g/mol. The van der Waals surface area contributed by atoms with Gasteiger partial charge in [0.2, 0.25) is 0 Å². The van der Waals surface area contributed by atoms with Gasteiger partial charge in [-0.05, 0) is 0 Å². The number of halogens is 3. The second kappa shape index (κ2) is 3.54. The minimum Gasteiger partial charge on any atom is -0.506 e. The van der Waals surface area contributed by atoms with Crippen LogP contribution in [0.3, 0.4) is 0 Å². The number of nitriles is 1. The van der Waals surface area contributed by atoms with E-state index in [0.29, 0.717) is 0 Å². The third-order valence-electron chi connectivity index (χ3n) is 1.31. The van der Waals surface area contributed by atoms with Crippen molar-refractivity contribution in [3.63, 3.8) is 0 Å². The Morgan fingerprint density at radius 2 is 2.23 bits per heavy atom. The Balaban J connectivity index is 3.31. The summed E-state index contributed by atoms with van der Waals surface area (Å²) in [6.07, 6.45) is -2.91. The molecule has 0 aromatic carbocycles. The maximum Gasteiger partial charge on any atom is 0.284 e. The largest absolute Gasteiger partial charge is 0.506 e. The first-order valence-corrected chi connectivity index (χ1v) is 3.51. The fourth-order valence-electron chi connectivity index (χ4n) is 0.732. The molecule has 0 unspecified atom stereocenters. The van der Waals surface area contributed by atoms with E-state index in [0.717, 1.165) is 6.07 Å². The van der Waals surface area contributed by atoms with Crippen LogP contribution in [0.4, 0.5) is 8.78 Å². The van der Waals surface area contributed by atoms with Crippen molar-refractivity contribution in [3.8, 4) is 11.8 Å². The molecule has 0 saturated heterocycles. The van der Waals surface area contributed by atoms with Crippen LogP contribution in [0.2, 0.25) is 5.15 Å². The van der Waals surface area contributed by atoms with Crippen LogP contribution in [-0.4, -0.2) is 10.1 Å². The molecule has 1 aromatic rings. The van der Waals surface area contributed by atoms with Gasteiger partial charge in [0.25, 0.3) is 6.43 Å². The molecule has 1 aromatic heterocycles. The van der Waals surface area contributed by atoms with E-state index in [1.54, 1.807) is 6.07 Å². The molecule has 0 radical (unpaired) electrons. The number of aromatic hydroxyl groups is 1. The van der Waals surface area contributed by atoms with Crippen molar-refractivity contribution in [1.82, 2.24) is 4.98 Å². The first-order valence-electron chi connectivity index (χ1n) is 3.14. The third-order valence-corrected chi connectivity index (χ3v) is 1.60. The molecule has 0 amide bonds. The van der Waals surface area contributed by atoms with Crippen LogP contribution in [0.25, 0.3) is 0 Å². The number of hydrogen-bond donors (Lipinski definition) is 1. The zero-order chi connectivity index (χ0) is 10.0. The van der Waals surface area contributed by atoms with Crippen LogP contribution >= 0.6 is 11.6 Å². The van der Waals surface area contributed by atoms with Gasteiger partial charge in [0.05, 0.1) is 5.56 Å². The molecule has 0 saturated carbocycles. The molecule has 0 spiro atoms. The van der Waals surface area contributed by atoms with Gasteiger partial charge in [0.1, 0.15) is 22.7 Å². The van der Waals surface area contributed by atoms with Gasteiger partial charge in [-0.2, -0.15) is 5.26 Å². The number of nitrogens with zero attached hydrogens (tertiary/aromatic N) is 2. The van der Waals surface area contributed by atoms with E-state index >= 15 is 0 Å². The Bertz CT molecular complexity index is 375. The molecule has 13 heavy (non-hydrogen) atoms. The molecule has 68 valence electrons. The Morgan fingerprint density at radius 3 is 2.69 bits per heavy atom. The van der Waals surface area contributed by atoms with Crippen LogP contribution < -0.4 is 0 Å². The number of rotatable bonds is 1. The van der Waals surface area contributed by atoms with E-state index in [-0.39, 0.29) is 10.7 Å². The summed E-state index contributed by atoms with van der Waals surface area (Å²) in [6, 6.07) is 2.46. The Labute approximate surface area is 77.2 Å². The normalized spacial score (nSPS) is 10.1. The van der Waals surface area contributed by atoms with E-state index in [1.807, 2.05) is 0 Å². The van der Waals surface area contributed by atoms with E-state index in [2.05, 4.69) is 4.98 Å². The second-order valence-electron chi connectivity index (χ2n) is 2.14. The summed E-state index contributed by atoms with van der Waals surface area (Å²) < 4.78 is 24.2. The highest BCUT2D eigenvalue weighted by molar-refractivity contribution is 6.30. The van der Waals surface area contributed by atoms with Crippen LogP contribution in [0.1, 0.15) is 17.7 Å². The van der Waals surface area contributed by atoms with Crippen LogP contribution in [-0.2, 0) is 0 Å². The van der Waals surface area contributed by atoms with Gasteiger partial charge in [-0.15, -0.1) is 0 Å². The van der Waals surface area contributed by atoms with Gasteiger partial charge >= 0.3 is 0 Å². The molecule has 1 N–H and O–H groups in total. The van der Waals surface area contributed by atoms with Gasteiger partial charge in [-0.3, -0.25) is 0 Å². The SMILES string of the molecule is N#Cc1cc(O)c(C(F)F)nc1Cl. The maximum absolute atomic E-state index is 12.1. The van der Waals surface area contributed by atoms with Crippen molar-refractivity contribution in [1.29, 1.82) is 5.26 Å². The van der Waals surface area contributed by atoms with E-state index in [9.17, 15) is 8.78 Å². The summed E-state index contributed by atoms with van der Waals surface area (Å²) in [5, 5.41) is 17.0. The molecular formula is C7H3ClF2N2O. The minimum atomic E-state index is -2.91. The van der Waals surface area contributed by atoms with Gasteiger partial charge < -0.3 is 5.11 Å². The molecule has 0 atom stereocenters. The van der Waals surface area contributed by atoms with Crippen LogP contribution in [0.5, 0.6) is 5.75 Å². The second-order valence-corrected chi connectivity index (χ2v) is 2.50. The first-order chi connectivity index (χ1) is 6.06. The predicted molar refractivity (Wildman–Crippen MR) is 40.6 cm³/mol. The minimum absolute atomic E-state index is 0.136. The lowest BCUT2D eigenvalue weighted by Gasteiger charge is -2.03. The zero-order valence-electron chi connectivity index (χ0n) is 6.13. The smallest absolute Gasteiger partial charge is 0.284 e. The molecule has 0 aliphatic carbocycles. The molecule has 6 heteroatoms. The van der Waals surface area contributed by atoms with Gasteiger partial charge in [-0.1, -0.05) is 11.6 Å². The van der Waals surface area contributed by atoms with Crippen molar-refractivity contribution < 1.29 is 13.9 Å². The highest BCUT2D eigenvalue weighted by Gasteiger charge is 2.17. The maximum atomic E-state index is 12.1. The number of pyridine rings is 1. The fourth-order valence-corrected chi connectivity index (χ4v) is 0.920. The summed E-state index contributed by atoms with van der Waals surface area (Å²) in [6.45, 7) is 0. The lowest BCUT2D eigenvalue weighted by atomic mass is 10.2. The number of alkyl halides is 2. The standard InChI is InChI=1S/C7H3ClF2N2O/c8-6-3(2-11)1-4(13)5(12-6)7(9)10/h1,7,13H. The fraction of sp³-hybridized carbons (Fsp3) is 0.143. The lowest BCUT2D eigenvalue weighted by molar-refractivity contribution is 0.142. The first kappa shape index (κ1) is 9.68. The van der Waals surface area contributed by atoms with E-state index < -0.39 is 17.9 Å². The topological polar surface area (TPSA) is 56.9 Å². The van der Waals surface area contributed by atoms with E-state index in [1.165, 1.54) is 0 Å². The molecule has 1 heterocycles. The number of hydrogen-bond acceptors (Lipinski definition) is 3. The summed E-state index contributed by atoms with van der Waals surface area (Å²) >= 11 is 5.37. The third kappa shape index (κ3) is 1.84. The highest BCUT2D eigenvalue weighted by atomic mass is 35.5. The molecular weight excluding hydrogens is 202 g/mol. The summed E-state index contributed by atoms with van der Waals surface area (Å²) in [7, 11) is 0. The summed E-state index contributed by atoms with van der Waals surface area (Å²) in [5.74, 6) is -0.726. The van der Waals surface area contributed by atoms with Crippen molar-refractivity contribution in [2.24, 2.45) is 0 Å². The predicted octanol–water partition coefficient (Wildman–Crippen LogP) is 2.25. The van der Waals surface area contributed by atoms with Gasteiger partial charge in [-0.25, -0.2) is 13.8 Å². The van der Waals surface area contributed by atoms with Gasteiger partial charge in [0, 0.05) is 6.07 Å².